The zero-order valence-corrected chi connectivity index (χ0v) is 21.0. The molecule has 3 aromatic carbocycles. The van der Waals surface area contributed by atoms with E-state index < -0.39 is 11.6 Å². The first-order valence-corrected chi connectivity index (χ1v) is 11.7. The van der Waals surface area contributed by atoms with Crippen LogP contribution in [0.4, 0.5) is 0 Å². The van der Waals surface area contributed by atoms with Crippen LogP contribution in [0.25, 0.3) is 0 Å². The van der Waals surface area contributed by atoms with Crippen molar-refractivity contribution in [3.8, 4) is 5.75 Å². The van der Waals surface area contributed by atoms with E-state index in [4.69, 9.17) is 9.73 Å². The maximum absolute atomic E-state index is 13.4. The highest BCUT2D eigenvalue weighted by atomic mass is 16.6. The van der Waals surface area contributed by atoms with E-state index in [0.717, 1.165) is 28.0 Å². The number of hydrogen-bond acceptors (Lipinski definition) is 4. The third kappa shape index (κ3) is 6.80. The predicted molar refractivity (Wildman–Crippen MR) is 139 cm³/mol. The van der Waals surface area contributed by atoms with Crippen LogP contribution in [0.1, 0.15) is 63.8 Å². The van der Waals surface area contributed by atoms with Gasteiger partial charge in [0.2, 0.25) is 0 Å². The summed E-state index contributed by atoms with van der Waals surface area (Å²) in [6.45, 7) is 11.9. The first-order chi connectivity index (χ1) is 15.9. The van der Waals surface area contributed by atoms with E-state index in [0.29, 0.717) is 6.42 Å². The Balaban J connectivity index is 2.15. The van der Waals surface area contributed by atoms with Gasteiger partial charge in [-0.25, -0.2) is 4.79 Å². The lowest BCUT2D eigenvalue weighted by Crippen LogP contribution is -2.33. The lowest BCUT2D eigenvalue weighted by Gasteiger charge is -2.26. The summed E-state index contributed by atoms with van der Waals surface area (Å²) in [5.74, 6) is -0.221. The monoisotopic (exact) mass is 457 g/mol. The summed E-state index contributed by atoms with van der Waals surface area (Å²) < 4.78 is 5.79. The average Bonchev–Trinajstić information content (AvgIpc) is 2.75. The standard InChI is InChI=1S/C30H35NO3/c1-29(2,3)25-18-17-24(32)19-23(25)20-26(28(33)34-30(4,5)6)31-27(21-13-9-7-10-14-21)22-15-11-8-12-16-22/h7-19,26,32H,20H2,1-6H3. The molecule has 0 amide bonds. The number of carbonyl (C=O) groups is 1. The zero-order valence-electron chi connectivity index (χ0n) is 21.0. The Morgan fingerprint density at radius 3 is 1.85 bits per heavy atom. The quantitative estimate of drug-likeness (QED) is 0.340. The molecule has 1 atom stereocenters. The molecule has 178 valence electrons. The van der Waals surface area contributed by atoms with Crippen LogP contribution in [-0.2, 0) is 21.4 Å². The van der Waals surface area contributed by atoms with Crippen molar-refractivity contribution in [2.45, 2.75) is 65.0 Å². The molecule has 0 heterocycles. The fraction of sp³-hybridized carbons (Fsp3) is 0.333. The predicted octanol–water partition coefficient (Wildman–Crippen LogP) is 6.48. The van der Waals surface area contributed by atoms with Gasteiger partial charge in [0, 0.05) is 17.5 Å². The second-order valence-electron chi connectivity index (χ2n) is 10.6. The lowest BCUT2D eigenvalue weighted by atomic mass is 9.82. The van der Waals surface area contributed by atoms with Gasteiger partial charge < -0.3 is 9.84 Å². The first kappa shape index (κ1) is 25.2. The number of phenols is 1. The zero-order chi connectivity index (χ0) is 24.9. The van der Waals surface area contributed by atoms with Gasteiger partial charge in [-0.1, -0.05) is 87.5 Å². The SMILES string of the molecule is CC(C)(C)OC(=O)C(Cc1cc(O)ccc1C(C)(C)C)N=C(c1ccccc1)c1ccccc1. The number of benzene rings is 3. The first-order valence-electron chi connectivity index (χ1n) is 11.7. The average molecular weight is 458 g/mol. The normalized spacial score (nSPS) is 12.6. The Morgan fingerprint density at radius 1 is 0.853 bits per heavy atom. The largest absolute Gasteiger partial charge is 0.508 e. The van der Waals surface area contributed by atoms with Crippen molar-refractivity contribution in [1.82, 2.24) is 0 Å². The van der Waals surface area contributed by atoms with Gasteiger partial charge in [0.05, 0.1) is 5.71 Å². The van der Waals surface area contributed by atoms with E-state index in [-0.39, 0.29) is 17.1 Å². The highest BCUT2D eigenvalue weighted by Gasteiger charge is 2.29. The number of hydrogen-bond donors (Lipinski definition) is 1. The van der Waals surface area contributed by atoms with Crippen LogP contribution < -0.4 is 0 Å². The number of nitrogens with zero attached hydrogens (tertiary/aromatic N) is 1. The number of carbonyl (C=O) groups excluding carboxylic acids is 1. The Hall–Kier alpha value is -3.40. The van der Waals surface area contributed by atoms with Gasteiger partial charge in [-0.2, -0.15) is 0 Å². The van der Waals surface area contributed by atoms with Crippen molar-refractivity contribution in [3.63, 3.8) is 0 Å². The molecule has 0 saturated carbocycles. The lowest BCUT2D eigenvalue weighted by molar-refractivity contribution is -0.156. The summed E-state index contributed by atoms with van der Waals surface area (Å²) in [5.41, 5.74) is 3.73. The fourth-order valence-corrected chi connectivity index (χ4v) is 3.90. The van der Waals surface area contributed by atoms with Gasteiger partial charge in [0.25, 0.3) is 0 Å². The Bertz CT molecular complexity index is 1100. The summed E-state index contributed by atoms with van der Waals surface area (Å²) in [6.07, 6.45) is 0.319. The minimum Gasteiger partial charge on any atom is -0.508 e. The molecule has 1 N–H and O–H groups in total. The molecule has 0 spiro atoms. The van der Waals surface area contributed by atoms with Gasteiger partial charge in [0.1, 0.15) is 11.4 Å². The summed E-state index contributed by atoms with van der Waals surface area (Å²) in [7, 11) is 0. The van der Waals surface area contributed by atoms with E-state index in [1.165, 1.54) is 0 Å². The highest BCUT2D eigenvalue weighted by Crippen LogP contribution is 2.30. The van der Waals surface area contributed by atoms with Crippen LogP contribution in [0.3, 0.4) is 0 Å². The Morgan fingerprint density at radius 2 is 1.38 bits per heavy atom. The third-order valence-electron chi connectivity index (χ3n) is 5.37. The van der Waals surface area contributed by atoms with Gasteiger partial charge in [-0.05, 0) is 49.4 Å². The minimum absolute atomic E-state index is 0.160. The maximum atomic E-state index is 13.4. The van der Waals surface area contributed by atoms with E-state index in [1.54, 1.807) is 12.1 Å². The maximum Gasteiger partial charge on any atom is 0.331 e. The van der Waals surface area contributed by atoms with Crippen molar-refractivity contribution in [3.05, 3.63) is 101 Å². The topological polar surface area (TPSA) is 58.9 Å². The molecule has 0 fully saturated rings. The molecule has 0 bridgehead atoms. The van der Waals surface area contributed by atoms with Crippen LogP contribution in [0, 0.1) is 0 Å². The van der Waals surface area contributed by atoms with Gasteiger partial charge in [-0.3, -0.25) is 4.99 Å². The highest BCUT2D eigenvalue weighted by molar-refractivity contribution is 6.13. The molecule has 4 nitrogen and oxygen atoms in total. The van der Waals surface area contributed by atoms with Crippen molar-refractivity contribution in [2.75, 3.05) is 0 Å². The number of aromatic hydroxyl groups is 1. The number of esters is 1. The summed E-state index contributed by atoms with van der Waals surface area (Å²) >= 11 is 0. The van der Waals surface area contributed by atoms with Crippen molar-refractivity contribution in [1.29, 1.82) is 0 Å². The molecule has 4 heteroatoms. The van der Waals surface area contributed by atoms with Crippen LogP contribution in [0.15, 0.2) is 83.9 Å². The second-order valence-corrected chi connectivity index (χ2v) is 10.6. The van der Waals surface area contributed by atoms with Crippen molar-refractivity contribution in [2.24, 2.45) is 4.99 Å². The molecule has 34 heavy (non-hydrogen) atoms. The van der Waals surface area contributed by atoms with E-state index in [1.807, 2.05) is 87.5 Å². The molecular weight excluding hydrogens is 422 g/mol. The van der Waals surface area contributed by atoms with Gasteiger partial charge >= 0.3 is 5.97 Å². The van der Waals surface area contributed by atoms with Crippen LogP contribution in [0.2, 0.25) is 0 Å². The number of phenolic OH excluding ortho intramolecular Hbond substituents is 1. The van der Waals surface area contributed by atoms with E-state index in [2.05, 4.69) is 20.8 Å². The number of rotatable bonds is 6. The molecule has 0 radical (unpaired) electrons. The molecule has 0 aliphatic carbocycles. The molecule has 1 unspecified atom stereocenters. The molecular formula is C30H35NO3. The molecule has 0 aromatic heterocycles. The van der Waals surface area contributed by atoms with E-state index >= 15 is 0 Å². The smallest absolute Gasteiger partial charge is 0.331 e. The molecule has 3 aromatic rings. The molecule has 0 aliphatic heterocycles. The van der Waals surface area contributed by atoms with Gasteiger partial charge in [0.15, 0.2) is 6.04 Å². The fourth-order valence-electron chi connectivity index (χ4n) is 3.90. The van der Waals surface area contributed by atoms with Crippen LogP contribution in [-0.4, -0.2) is 28.4 Å². The van der Waals surface area contributed by atoms with Crippen molar-refractivity contribution >= 4 is 11.7 Å². The Labute approximate surface area is 203 Å². The molecule has 0 saturated heterocycles. The van der Waals surface area contributed by atoms with Crippen LogP contribution in [0.5, 0.6) is 5.75 Å². The van der Waals surface area contributed by atoms with Gasteiger partial charge in [-0.15, -0.1) is 0 Å². The summed E-state index contributed by atoms with van der Waals surface area (Å²) in [5, 5.41) is 10.2. The second kappa shape index (κ2) is 10.3. The minimum atomic E-state index is -0.780. The summed E-state index contributed by atoms with van der Waals surface area (Å²) in [4.78, 5) is 18.4. The van der Waals surface area contributed by atoms with E-state index in [9.17, 15) is 9.90 Å². The molecule has 0 aliphatic rings. The van der Waals surface area contributed by atoms with Crippen molar-refractivity contribution < 1.29 is 14.6 Å². The third-order valence-corrected chi connectivity index (χ3v) is 5.37. The number of aliphatic imine (C=N–C) groups is 1. The van der Waals surface area contributed by atoms with Crippen LogP contribution >= 0.6 is 0 Å². The molecule has 3 rings (SSSR count). The Kier molecular flexibility index (Phi) is 7.61. The number of ether oxygens (including phenoxy) is 1. The summed E-state index contributed by atoms with van der Waals surface area (Å²) in [6, 6.07) is 24.3.